The molecule has 33 heavy (non-hydrogen) atoms. The molecule has 4 nitrogen and oxygen atoms in total. The monoisotopic (exact) mass is 536 g/mol. The summed E-state index contributed by atoms with van der Waals surface area (Å²) in [5.41, 5.74) is 0. The Bertz CT molecular complexity index is 491. The fourth-order valence-electron chi connectivity index (χ4n) is 3.24. The van der Waals surface area contributed by atoms with Gasteiger partial charge in [-0.2, -0.15) is 0 Å². The summed E-state index contributed by atoms with van der Waals surface area (Å²) in [5.74, 6) is 0. The molecule has 0 aliphatic rings. The SMILES string of the molecule is C=CC[SiH](CC=C)O[Si](O[SiH](CC=C)CC=C)(O[SiH](CC=C)CC=C)O[SiH](CC=C)CC=C. The van der Waals surface area contributed by atoms with E-state index in [1.54, 1.807) is 0 Å². The normalized spacial score (nSPS) is 11.5. The second kappa shape index (κ2) is 20.2. The summed E-state index contributed by atoms with van der Waals surface area (Å²) in [7, 11) is -10.7. The zero-order chi connectivity index (χ0) is 25.0. The van der Waals surface area contributed by atoms with Crippen LogP contribution >= 0.6 is 0 Å². The van der Waals surface area contributed by atoms with E-state index in [1.807, 2.05) is 48.6 Å². The first kappa shape index (κ1) is 31.8. The van der Waals surface area contributed by atoms with Crippen molar-refractivity contribution in [1.82, 2.24) is 0 Å². The van der Waals surface area contributed by atoms with E-state index in [-0.39, 0.29) is 0 Å². The maximum absolute atomic E-state index is 6.86. The molecule has 0 bridgehead atoms. The molecule has 184 valence electrons. The minimum absolute atomic E-state index is 0.788. The van der Waals surface area contributed by atoms with Gasteiger partial charge < -0.3 is 16.5 Å². The van der Waals surface area contributed by atoms with E-state index < -0.39 is 45.2 Å². The Hall–Kier alpha value is -1.16. The van der Waals surface area contributed by atoms with Crippen LogP contribution < -0.4 is 0 Å². The molecule has 0 fully saturated rings. The molecule has 0 heterocycles. The number of hydrogen-bond donors (Lipinski definition) is 0. The van der Waals surface area contributed by atoms with Gasteiger partial charge in [-0.05, 0) is 48.4 Å². The molecule has 0 saturated heterocycles. The van der Waals surface area contributed by atoms with Crippen LogP contribution in [-0.2, 0) is 16.5 Å². The Kier molecular flexibility index (Phi) is 19.5. The highest BCUT2D eigenvalue weighted by molar-refractivity contribution is 6.81. The zero-order valence-corrected chi connectivity index (χ0v) is 26.0. The average Bonchev–Trinajstić information content (AvgIpc) is 2.75. The molecule has 0 aliphatic heterocycles. The van der Waals surface area contributed by atoms with Gasteiger partial charge in [0.25, 0.3) is 0 Å². The first-order chi connectivity index (χ1) is 16.0. The van der Waals surface area contributed by atoms with Crippen molar-refractivity contribution < 1.29 is 16.5 Å². The van der Waals surface area contributed by atoms with Crippen LogP contribution in [0.25, 0.3) is 0 Å². The largest absolute Gasteiger partial charge is 0.636 e. The van der Waals surface area contributed by atoms with Crippen molar-refractivity contribution in [3.8, 4) is 0 Å². The Morgan fingerprint density at radius 3 is 0.636 bits per heavy atom. The molecule has 0 aliphatic carbocycles. The highest BCUT2D eigenvalue weighted by Gasteiger charge is 2.50. The summed E-state index contributed by atoms with van der Waals surface area (Å²) >= 11 is 0. The fourth-order valence-corrected chi connectivity index (χ4v) is 20.9. The van der Waals surface area contributed by atoms with Crippen molar-refractivity contribution in [3.63, 3.8) is 0 Å². The Labute approximate surface area is 210 Å². The zero-order valence-electron chi connectivity index (χ0n) is 20.4. The lowest BCUT2D eigenvalue weighted by Crippen LogP contribution is -2.59. The molecule has 0 spiro atoms. The van der Waals surface area contributed by atoms with Crippen LogP contribution in [0.2, 0.25) is 48.4 Å². The smallest absolute Gasteiger partial charge is 0.398 e. The van der Waals surface area contributed by atoms with E-state index in [9.17, 15) is 0 Å². The number of hydrogen-bond acceptors (Lipinski definition) is 4. The third-order valence-corrected chi connectivity index (χ3v) is 21.5. The molecule has 0 rings (SSSR count). The quantitative estimate of drug-likeness (QED) is 0.114. The van der Waals surface area contributed by atoms with Gasteiger partial charge in [-0.25, -0.2) is 0 Å². The van der Waals surface area contributed by atoms with Crippen LogP contribution in [0.5, 0.6) is 0 Å². The molecule has 0 saturated carbocycles. The van der Waals surface area contributed by atoms with Crippen molar-refractivity contribution >= 4 is 45.2 Å². The Morgan fingerprint density at radius 1 is 0.364 bits per heavy atom. The Balaban J connectivity index is 6.47. The van der Waals surface area contributed by atoms with Gasteiger partial charge in [0.05, 0.1) is 0 Å². The molecular formula is C24H44O4Si5. The lowest BCUT2D eigenvalue weighted by molar-refractivity contribution is 0.160. The van der Waals surface area contributed by atoms with Gasteiger partial charge in [-0.15, -0.1) is 52.6 Å². The third kappa shape index (κ3) is 14.0. The molecule has 9 heteroatoms. The highest BCUT2D eigenvalue weighted by Crippen LogP contribution is 2.26. The highest BCUT2D eigenvalue weighted by atomic mass is 28.5. The van der Waals surface area contributed by atoms with Crippen molar-refractivity contribution in [2.24, 2.45) is 0 Å². The van der Waals surface area contributed by atoms with Crippen LogP contribution in [-0.4, -0.2) is 45.2 Å². The lowest BCUT2D eigenvalue weighted by atomic mass is 10.7. The molecule has 0 amide bonds. The standard InChI is InChI=1S/C24H44O4Si5/c1-9-17-29(18-10-2)25-33(26-30(19-11-3)20-12-4,27-31(21-13-5)22-14-6)28-32(23-15-7)24-16-8/h9-16,29-32H,1-8,17-24H2. The molecule has 0 aromatic carbocycles. The second-order valence-corrected chi connectivity index (χ2v) is 21.2. The summed E-state index contributed by atoms with van der Waals surface area (Å²) in [6.07, 6.45) is 15.3. The van der Waals surface area contributed by atoms with E-state index >= 15 is 0 Å². The maximum atomic E-state index is 6.86. The summed E-state index contributed by atoms with van der Waals surface area (Å²) in [6.45, 7) is 31.5. The maximum Gasteiger partial charge on any atom is 0.636 e. The van der Waals surface area contributed by atoms with Crippen LogP contribution in [0.3, 0.4) is 0 Å². The van der Waals surface area contributed by atoms with Crippen LogP contribution in [0.1, 0.15) is 0 Å². The predicted molar refractivity (Wildman–Crippen MR) is 159 cm³/mol. The van der Waals surface area contributed by atoms with Crippen LogP contribution in [0.15, 0.2) is 101 Å². The molecule has 0 N–H and O–H groups in total. The van der Waals surface area contributed by atoms with E-state index in [2.05, 4.69) is 52.6 Å². The van der Waals surface area contributed by atoms with Gasteiger partial charge in [0.2, 0.25) is 0 Å². The minimum Gasteiger partial charge on any atom is -0.398 e. The van der Waals surface area contributed by atoms with Crippen molar-refractivity contribution in [3.05, 3.63) is 101 Å². The average molecular weight is 537 g/mol. The molecule has 0 atom stereocenters. The summed E-state index contributed by atoms with van der Waals surface area (Å²) in [5, 5.41) is 0. The predicted octanol–water partition coefficient (Wildman–Crippen LogP) is 5.87. The van der Waals surface area contributed by atoms with Crippen molar-refractivity contribution in [2.75, 3.05) is 0 Å². The summed E-state index contributed by atoms with van der Waals surface area (Å²) in [4.78, 5) is 0. The minimum atomic E-state index is -3.48. The van der Waals surface area contributed by atoms with E-state index in [0.717, 1.165) is 48.4 Å². The van der Waals surface area contributed by atoms with Gasteiger partial charge in [0.15, 0.2) is 36.2 Å². The van der Waals surface area contributed by atoms with Gasteiger partial charge in [-0.1, -0.05) is 48.6 Å². The topological polar surface area (TPSA) is 36.9 Å². The third-order valence-electron chi connectivity index (χ3n) is 4.68. The van der Waals surface area contributed by atoms with E-state index in [4.69, 9.17) is 16.5 Å². The van der Waals surface area contributed by atoms with E-state index in [0.29, 0.717) is 0 Å². The molecule has 0 aromatic heterocycles. The first-order valence-corrected chi connectivity index (χ1v) is 21.6. The summed E-state index contributed by atoms with van der Waals surface area (Å²) < 4.78 is 27.4. The van der Waals surface area contributed by atoms with E-state index in [1.165, 1.54) is 0 Å². The van der Waals surface area contributed by atoms with Crippen molar-refractivity contribution in [1.29, 1.82) is 0 Å². The Morgan fingerprint density at radius 2 is 0.515 bits per heavy atom. The number of rotatable bonds is 24. The van der Waals surface area contributed by atoms with Crippen LogP contribution in [0.4, 0.5) is 0 Å². The van der Waals surface area contributed by atoms with Gasteiger partial charge in [0.1, 0.15) is 0 Å². The lowest BCUT2D eigenvalue weighted by Gasteiger charge is -2.38. The second-order valence-electron chi connectivity index (χ2n) is 7.65. The van der Waals surface area contributed by atoms with Crippen LogP contribution in [0, 0.1) is 0 Å². The first-order valence-electron chi connectivity index (χ1n) is 11.6. The van der Waals surface area contributed by atoms with Gasteiger partial charge in [-0.3, -0.25) is 0 Å². The molecule has 0 radical (unpaired) electrons. The van der Waals surface area contributed by atoms with Gasteiger partial charge in [0, 0.05) is 0 Å². The number of allylic oxidation sites excluding steroid dienone is 8. The molecular weight excluding hydrogens is 493 g/mol. The fraction of sp³-hybridized carbons (Fsp3) is 0.333. The van der Waals surface area contributed by atoms with Gasteiger partial charge >= 0.3 is 9.05 Å². The summed E-state index contributed by atoms with van der Waals surface area (Å²) in [6, 6.07) is 6.30. The molecule has 0 aromatic rings. The molecule has 0 unspecified atom stereocenters. The van der Waals surface area contributed by atoms with Crippen molar-refractivity contribution in [2.45, 2.75) is 48.4 Å².